The second kappa shape index (κ2) is 3.41. The van der Waals surface area contributed by atoms with Crippen LogP contribution in [0.15, 0.2) is 10.7 Å². The van der Waals surface area contributed by atoms with Crippen LogP contribution in [0.3, 0.4) is 0 Å². The number of hydrogen-bond acceptors (Lipinski definition) is 3. The number of hydrogen-bond donors (Lipinski definition) is 1. The minimum absolute atomic E-state index is 0.0694. The Hall–Kier alpha value is -0.970. The Balaban J connectivity index is 2.74. The predicted molar refractivity (Wildman–Crippen MR) is 43.5 cm³/mol. The summed E-state index contributed by atoms with van der Waals surface area (Å²) in [5, 5.41) is 3.49. The van der Waals surface area contributed by atoms with Crippen molar-refractivity contribution in [2.45, 2.75) is 32.2 Å². The van der Waals surface area contributed by atoms with Gasteiger partial charge in [0, 0.05) is 12.0 Å². The zero-order chi connectivity index (χ0) is 10.1. The molecule has 1 aromatic heterocycles. The number of alkyl halides is 2. The van der Waals surface area contributed by atoms with Crippen LogP contribution >= 0.6 is 0 Å². The molecular weight excluding hydrogens is 178 g/mol. The zero-order valence-corrected chi connectivity index (χ0v) is 7.55. The van der Waals surface area contributed by atoms with Gasteiger partial charge in [-0.1, -0.05) is 5.16 Å². The van der Waals surface area contributed by atoms with Gasteiger partial charge < -0.3 is 10.3 Å². The highest BCUT2D eigenvalue weighted by atomic mass is 19.3. The summed E-state index contributed by atoms with van der Waals surface area (Å²) in [6.45, 7) is 2.98. The minimum atomic E-state index is -2.55. The summed E-state index contributed by atoms with van der Waals surface area (Å²) >= 11 is 0. The van der Waals surface area contributed by atoms with Crippen LogP contribution in [-0.4, -0.2) is 17.1 Å². The van der Waals surface area contributed by atoms with Gasteiger partial charge in [-0.05, 0) is 13.8 Å². The number of nitrogens with two attached hydrogens (primary N) is 1. The molecular formula is C8H12F2N2O. The number of aryl methyl sites for hydroxylation is 1. The number of halogens is 2. The highest BCUT2D eigenvalue weighted by molar-refractivity contribution is 5.15. The molecule has 1 rings (SSSR count). The smallest absolute Gasteiger partial charge is 0.256 e. The van der Waals surface area contributed by atoms with Crippen molar-refractivity contribution >= 4 is 0 Å². The molecule has 0 bridgehead atoms. The van der Waals surface area contributed by atoms with E-state index in [1.54, 1.807) is 6.92 Å². The molecule has 13 heavy (non-hydrogen) atoms. The van der Waals surface area contributed by atoms with Crippen molar-refractivity contribution in [1.82, 2.24) is 5.16 Å². The third-order valence-corrected chi connectivity index (χ3v) is 1.92. The normalized spacial score (nSPS) is 16.2. The molecule has 0 fully saturated rings. The molecule has 0 aliphatic rings. The van der Waals surface area contributed by atoms with E-state index in [4.69, 9.17) is 10.3 Å². The Labute approximate surface area is 74.9 Å². The molecule has 0 saturated heterocycles. The molecule has 0 spiro atoms. The van der Waals surface area contributed by atoms with Crippen LogP contribution < -0.4 is 5.73 Å². The van der Waals surface area contributed by atoms with Crippen LogP contribution in [0.2, 0.25) is 0 Å². The van der Waals surface area contributed by atoms with Gasteiger partial charge in [0.2, 0.25) is 0 Å². The monoisotopic (exact) mass is 190 g/mol. The summed E-state index contributed by atoms with van der Waals surface area (Å²) in [6.07, 6.45) is -1.06. The molecule has 3 nitrogen and oxygen atoms in total. The third-order valence-electron chi connectivity index (χ3n) is 1.92. The van der Waals surface area contributed by atoms with E-state index < -0.39 is 12.0 Å². The van der Waals surface area contributed by atoms with Crippen LogP contribution in [0.25, 0.3) is 0 Å². The first kappa shape index (κ1) is 10.1. The lowest BCUT2D eigenvalue weighted by molar-refractivity contribution is 0.0637. The molecule has 0 amide bonds. The van der Waals surface area contributed by atoms with Crippen molar-refractivity contribution < 1.29 is 13.3 Å². The van der Waals surface area contributed by atoms with Crippen molar-refractivity contribution in [2.75, 3.05) is 0 Å². The minimum Gasteiger partial charge on any atom is -0.361 e. The van der Waals surface area contributed by atoms with Crippen LogP contribution in [-0.2, 0) is 6.42 Å². The quantitative estimate of drug-likeness (QED) is 0.785. The topological polar surface area (TPSA) is 52.0 Å². The second-order valence-electron chi connectivity index (χ2n) is 3.39. The molecule has 0 aliphatic carbocycles. The number of nitrogens with zero attached hydrogens (tertiary/aromatic N) is 1. The van der Waals surface area contributed by atoms with Crippen LogP contribution in [0, 0.1) is 6.92 Å². The first-order valence-electron chi connectivity index (χ1n) is 3.90. The fraction of sp³-hybridized carbons (Fsp3) is 0.625. The molecule has 0 radical (unpaired) electrons. The average molecular weight is 190 g/mol. The zero-order valence-electron chi connectivity index (χ0n) is 7.55. The van der Waals surface area contributed by atoms with Crippen LogP contribution in [0.4, 0.5) is 8.78 Å². The highest BCUT2D eigenvalue weighted by Gasteiger charge is 2.31. The summed E-state index contributed by atoms with van der Waals surface area (Å²) in [6, 6.07) is 0. The van der Waals surface area contributed by atoms with E-state index in [-0.39, 0.29) is 6.42 Å². The molecule has 74 valence electrons. The molecule has 1 atom stereocenters. The molecule has 2 N–H and O–H groups in total. The van der Waals surface area contributed by atoms with Crippen LogP contribution in [0.1, 0.15) is 18.2 Å². The van der Waals surface area contributed by atoms with E-state index in [2.05, 4.69) is 5.16 Å². The van der Waals surface area contributed by atoms with Gasteiger partial charge in [-0.15, -0.1) is 0 Å². The Bertz CT molecular complexity index is 283. The summed E-state index contributed by atoms with van der Waals surface area (Å²) in [5.41, 5.74) is 4.51. The molecule has 1 heterocycles. The lowest BCUT2D eigenvalue weighted by atomic mass is 9.95. The molecule has 1 unspecified atom stereocenters. The summed E-state index contributed by atoms with van der Waals surface area (Å²) in [5.74, 6) is 0.539. The summed E-state index contributed by atoms with van der Waals surface area (Å²) in [7, 11) is 0. The highest BCUT2D eigenvalue weighted by Crippen LogP contribution is 2.19. The van der Waals surface area contributed by atoms with Gasteiger partial charge in [0.05, 0.1) is 11.7 Å². The predicted octanol–water partition coefficient (Wildman–Crippen LogP) is 1.51. The van der Waals surface area contributed by atoms with Crippen molar-refractivity contribution in [3.05, 3.63) is 17.5 Å². The maximum Gasteiger partial charge on any atom is 0.256 e. The van der Waals surface area contributed by atoms with Crippen molar-refractivity contribution in [3.63, 3.8) is 0 Å². The van der Waals surface area contributed by atoms with E-state index in [1.807, 2.05) is 0 Å². The van der Waals surface area contributed by atoms with Gasteiger partial charge in [-0.25, -0.2) is 8.78 Å². The molecule has 5 heteroatoms. The van der Waals surface area contributed by atoms with Gasteiger partial charge >= 0.3 is 0 Å². The first-order chi connectivity index (χ1) is 5.93. The third kappa shape index (κ3) is 2.24. The van der Waals surface area contributed by atoms with E-state index in [9.17, 15) is 8.78 Å². The largest absolute Gasteiger partial charge is 0.361 e. The van der Waals surface area contributed by atoms with E-state index >= 15 is 0 Å². The van der Waals surface area contributed by atoms with Crippen molar-refractivity contribution in [3.8, 4) is 0 Å². The van der Waals surface area contributed by atoms with E-state index in [0.29, 0.717) is 11.3 Å². The summed E-state index contributed by atoms with van der Waals surface area (Å²) in [4.78, 5) is 0. The lowest BCUT2D eigenvalue weighted by Crippen LogP contribution is -2.45. The Kier molecular flexibility index (Phi) is 2.66. The van der Waals surface area contributed by atoms with Gasteiger partial charge in [0.1, 0.15) is 5.76 Å². The van der Waals surface area contributed by atoms with Crippen LogP contribution in [0.5, 0.6) is 0 Å². The standard InChI is InChI=1S/C8H12F2N2O/c1-5-6(4-12-13-5)3-8(2,11)7(9)10/h4,7H,3,11H2,1-2H3. The maximum atomic E-state index is 12.4. The molecule has 0 aliphatic heterocycles. The lowest BCUT2D eigenvalue weighted by Gasteiger charge is -2.22. The fourth-order valence-corrected chi connectivity index (χ4v) is 0.976. The van der Waals surface area contributed by atoms with Crippen molar-refractivity contribution in [2.24, 2.45) is 5.73 Å². The Morgan fingerprint density at radius 2 is 2.31 bits per heavy atom. The average Bonchev–Trinajstić information content (AvgIpc) is 2.35. The molecule has 1 aromatic rings. The van der Waals surface area contributed by atoms with Gasteiger partial charge in [0.25, 0.3) is 6.43 Å². The number of aromatic nitrogens is 1. The Morgan fingerprint density at radius 1 is 1.69 bits per heavy atom. The SMILES string of the molecule is Cc1oncc1CC(C)(N)C(F)F. The molecule has 0 saturated carbocycles. The van der Waals surface area contributed by atoms with Gasteiger partial charge in [-0.3, -0.25) is 0 Å². The van der Waals surface area contributed by atoms with E-state index in [1.165, 1.54) is 13.1 Å². The first-order valence-corrected chi connectivity index (χ1v) is 3.90. The fourth-order valence-electron chi connectivity index (χ4n) is 0.976. The second-order valence-corrected chi connectivity index (χ2v) is 3.39. The van der Waals surface area contributed by atoms with Gasteiger partial charge in [-0.2, -0.15) is 0 Å². The van der Waals surface area contributed by atoms with Crippen molar-refractivity contribution in [1.29, 1.82) is 0 Å². The van der Waals surface area contributed by atoms with Gasteiger partial charge in [0.15, 0.2) is 0 Å². The summed E-state index contributed by atoms with van der Waals surface area (Å²) < 4.78 is 29.5. The van der Waals surface area contributed by atoms with E-state index in [0.717, 1.165) is 0 Å². The maximum absolute atomic E-state index is 12.4. The molecule has 0 aromatic carbocycles. The Morgan fingerprint density at radius 3 is 2.69 bits per heavy atom. The number of rotatable bonds is 3.